The Balaban J connectivity index is 2.62. The first kappa shape index (κ1) is 16.7. The van der Waals surface area contributed by atoms with Crippen molar-refractivity contribution in [3.8, 4) is 11.8 Å². The number of amides is 1. The molecule has 0 aliphatic rings. The van der Waals surface area contributed by atoms with E-state index in [2.05, 4.69) is 17.2 Å². The summed E-state index contributed by atoms with van der Waals surface area (Å²) in [7, 11) is 0. The minimum absolute atomic E-state index is 0.00176. The summed E-state index contributed by atoms with van der Waals surface area (Å²) in [4.78, 5) is 22.6. The fraction of sp³-hybridized carbons (Fsp3) is 0.375. The van der Waals surface area contributed by atoms with Gasteiger partial charge in [-0.15, -0.1) is 0 Å². The number of ether oxygens (including phenoxy) is 1. The number of ketones is 1. The quantitative estimate of drug-likeness (QED) is 0.673. The molecule has 0 heterocycles. The van der Waals surface area contributed by atoms with Crippen LogP contribution in [-0.2, 0) is 4.74 Å². The molecule has 1 aromatic carbocycles. The molecule has 0 saturated heterocycles. The van der Waals surface area contributed by atoms with Crippen LogP contribution in [0, 0.1) is 17.7 Å². The Morgan fingerprint density at radius 3 is 2.57 bits per heavy atom. The molecule has 0 radical (unpaired) electrons. The minimum Gasteiger partial charge on any atom is -0.444 e. The molecule has 0 aromatic heterocycles. The van der Waals surface area contributed by atoms with Gasteiger partial charge in [0.2, 0.25) is 0 Å². The number of alkyl carbamates (subject to hydrolysis) is 1. The lowest BCUT2D eigenvalue weighted by atomic mass is 10.1. The van der Waals surface area contributed by atoms with E-state index < -0.39 is 17.5 Å². The van der Waals surface area contributed by atoms with E-state index in [1.165, 1.54) is 25.1 Å². The van der Waals surface area contributed by atoms with Crippen molar-refractivity contribution in [3.63, 3.8) is 0 Å². The smallest absolute Gasteiger partial charge is 0.408 e. The lowest BCUT2D eigenvalue weighted by Gasteiger charge is -2.18. The van der Waals surface area contributed by atoms with Crippen LogP contribution in [0.15, 0.2) is 18.2 Å². The number of nitrogens with one attached hydrogen (secondary N) is 1. The van der Waals surface area contributed by atoms with Crippen molar-refractivity contribution in [1.82, 2.24) is 5.32 Å². The number of hydrogen-bond donors (Lipinski definition) is 1. The Morgan fingerprint density at radius 1 is 1.33 bits per heavy atom. The summed E-state index contributed by atoms with van der Waals surface area (Å²) in [5.74, 6) is 4.53. The van der Waals surface area contributed by atoms with Crippen LogP contribution >= 0.6 is 0 Å². The van der Waals surface area contributed by atoms with E-state index in [1.807, 2.05) is 0 Å². The number of halogens is 1. The van der Waals surface area contributed by atoms with E-state index in [4.69, 9.17) is 4.74 Å². The third-order valence-corrected chi connectivity index (χ3v) is 2.30. The van der Waals surface area contributed by atoms with E-state index in [1.54, 1.807) is 20.8 Å². The topological polar surface area (TPSA) is 55.4 Å². The van der Waals surface area contributed by atoms with Gasteiger partial charge in [-0.1, -0.05) is 11.8 Å². The maximum absolute atomic E-state index is 13.3. The Morgan fingerprint density at radius 2 is 2.00 bits per heavy atom. The molecule has 0 aliphatic heterocycles. The van der Waals surface area contributed by atoms with Gasteiger partial charge in [-0.3, -0.25) is 4.79 Å². The molecule has 0 spiro atoms. The van der Waals surface area contributed by atoms with Gasteiger partial charge >= 0.3 is 6.09 Å². The van der Waals surface area contributed by atoms with Gasteiger partial charge in [-0.25, -0.2) is 9.18 Å². The summed E-state index contributed by atoms with van der Waals surface area (Å²) in [6.45, 7) is 6.68. The predicted molar refractivity (Wildman–Crippen MR) is 77.5 cm³/mol. The van der Waals surface area contributed by atoms with Crippen LogP contribution in [0.4, 0.5) is 9.18 Å². The summed E-state index contributed by atoms with van der Waals surface area (Å²) in [6.07, 6.45) is -0.555. The summed E-state index contributed by atoms with van der Waals surface area (Å²) < 4.78 is 18.4. The highest BCUT2D eigenvalue weighted by Gasteiger charge is 2.15. The zero-order valence-corrected chi connectivity index (χ0v) is 12.5. The molecule has 1 aromatic rings. The largest absolute Gasteiger partial charge is 0.444 e. The summed E-state index contributed by atoms with van der Waals surface area (Å²) in [5, 5.41) is 2.48. The fourth-order valence-corrected chi connectivity index (χ4v) is 1.45. The van der Waals surface area contributed by atoms with Gasteiger partial charge in [0.25, 0.3) is 0 Å². The van der Waals surface area contributed by atoms with E-state index in [0.29, 0.717) is 5.56 Å². The maximum atomic E-state index is 13.3. The van der Waals surface area contributed by atoms with Crippen molar-refractivity contribution in [2.45, 2.75) is 33.3 Å². The molecule has 0 saturated carbocycles. The molecule has 0 unspecified atom stereocenters. The third-order valence-electron chi connectivity index (χ3n) is 2.30. The summed E-state index contributed by atoms with van der Waals surface area (Å²) in [6, 6.07) is 4.06. The molecule has 0 bridgehead atoms. The van der Waals surface area contributed by atoms with Gasteiger partial charge in [-0.05, 0) is 45.9 Å². The molecule has 0 fully saturated rings. The molecule has 0 atom stereocenters. The lowest BCUT2D eigenvalue weighted by Crippen LogP contribution is -2.32. The van der Waals surface area contributed by atoms with Gasteiger partial charge in [0.1, 0.15) is 11.4 Å². The number of rotatable bonds is 2. The normalized spacial score (nSPS) is 10.3. The Hall–Kier alpha value is -2.35. The predicted octanol–water partition coefficient (Wildman–Crippen LogP) is 2.90. The first-order valence-electron chi connectivity index (χ1n) is 6.45. The van der Waals surface area contributed by atoms with Crippen LogP contribution in [0.3, 0.4) is 0 Å². The second kappa shape index (κ2) is 6.89. The number of benzene rings is 1. The second-order valence-corrected chi connectivity index (χ2v) is 5.41. The highest BCUT2D eigenvalue weighted by atomic mass is 19.1. The van der Waals surface area contributed by atoms with Crippen molar-refractivity contribution < 1.29 is 18.7 Å². The number of Topliss-reactive ketones (excluding diaryl/α,β-unsaturated/α-hetero) is 1. The van der Waals surface area contributed by atoms with E-state index in [0.717, 1.165) is 0 Å². The third kappa shape index (κ3) is 6.09. The Labute approximate surface area is 123 Å². The molecule has 21 heavy (non-hydrogen) atoms. The monoisotopic (exact) mass is 291 g/mol. The van der Waals surface area contributed by atoms with Crippen LogP contribution in [-0.4, -0.2) is 24.0 Å². The molecular formula is C16H18FNO3. The molecule has 0 aliphatic carbocycles. The maximum Gasteiger partial charge on any atom is 0.408 e. The number of carbonyl (C=O) groups excluding carboxylic acids is 2. The average molecular weight is 291 g/mol. The molecular weight excluding hydrogens is 273 g/mol. The van der Waals surface area contributed by atoms with E-state index in [9.17, 15) is 14.0 Å². The van der Waals surface area contributed by atoms with Crippen LogP contribution < -0.4 is 5.32 Å². The number of hydrogen-bond acceptors (Lipinski definition) is 3. The van der Waals surface area contributed by atoms with Crippen molar-refractivity contribution >= 4 is 11.9 Å². The Bertz CT molecular complexity index is 606. The molecule has 4 nitrogen and oxygen atoms in total. The van der Waals surface area contributed by atoms with Crippen molar-refractivity contribution in [2.75, 3.05) is 6.54 Å². The first-order valence-corrected chi connectivity index (χ1v) is 6.45. The molecule has 1 N–H and O–H groups in total. The first-order chi connectivity index (χ1) is 9.69. The fourth-order valence-electron chi connectivity index (χ4n) is 1.45. The van der Waals surface area contributed by atoms with Gasteiger partial charge in [0, 0.05) is 5.56 Å². The van der Waals surface area contributed by atoms with Gasteiger partial charge in [0.05, 0.1) is 12.1 Å². The highest BCUT2D eigenvalue weighted by Crippen LogP contribution is 2.10. The summed E-state index contributed by atoms with van der Waals surface area (Å²) >= 11 is 0. The van der Waals surface area contributed by atoms with Crippen molar-refractivity contribution in [3.05, 3.63) is 35.1 Å². The van der Waals surface area contributed by atoms with Crippen LogP contribution in [0.1, 0.15) is 43.6 Å². The lowest BCUT2D eigenvalue weighted by molar-refractivity contribution is 0.0535. The zero-order valence-electron chi connectivity index (χ0n) is 12.5. The molecule has 5 heteroatoms. The van der Waals surface area contributed by atoms with Crippen molar-refractivity contribution in [1.29, 1.82) is 0 Å². The van der Waals surface area contributed by atoms with Gasteiger partial charge < -0.3 is 10.1 Å². The SMILES string of the molecule is CC(=O)c1cc(C#CCNC(=O)OC(C)(C)C)ccc1F. The van der Waals surface area contributed by atoms with Gasteiger partial charge in [-0.2, -0.15) is 0 Å². The van der Waals surface area contributed by atoms with E-state index >= 15 is 0 Å². The highest BCUT2D eigenvalue weighted by molar-refractivity contribution is 5.94. The number of carbonyl (C=O) groups is 2. The van der Waals surface area contributed by atoms with Crippen molar-refractivity contribution in [2.24, 2.45) is 0 Å². The van der Waals surface area contributed by atoms with E-state index in [-0.39, 0.29) is 17.9 Å². The van der Waals surface area contributed by atoms with Crippen LogP contribution in [0.5, 0.6) is 0 Å². The zero-order chi connectivity index (χ0) is 16.0. The molecule has 1 rings (SSSR count). The molecule has 112 valence electrons. The Kier molecular flexibility index (Phi) is 5.48. The molecule has 1 amide bonds. The van der Waals surface area contributed by atoms with Gasteiger partial charge in [0.15, 0.2) is 5.78 Å². The van der Waals surface area contributed by atoms with Crippen LogP contribution in [0.2, 0.25) is 0 Å². The second-order valence-electron chi connectivity index (χ2n) is 5.41. The summed E-state index contributed by atoms with van der Waals surface area (Å²) in [5.41, 5.74) is -0.0558. The standard InChI is InChI=1S/C16H18FNO3/c1-11(19)13-10-12(7-8-14(13)17)6-5-9-18-15(20)21-16(2,3)4/h7-8,10H,9H2,1-4H3,(H,18,20). The minimum atomic E-state index is -0.570. The van der Waals surface area contributed by atoms with Crippen LogP contribution in [0.25, 0.3) is 0 Å². The average Bonchev–Trinajstić information content (AvgIpc) is 2.34.